The van der Waals surface area contributed by atoms with E-state index in [1.54, 1.807) is 0 Å². The van der Waals surface area contributed by atoms with Crippen molar-refractivity contribution in [2.24, 2.45) is 0 Å². The van der Waals surface area contributed by atoms with E-state index < -0.39 is 0 Å². The standard InChI is InChI=1S/C12H10NO/c1-3-8-4-2-6-13-9-7-11(9)14-10(5-1)12(8)13/h1-6,9,11H,7H2/q+1. The Bertz CT molecular complexity index is 530. The van der Waals surface area contributed by atoms with Crippen LogP contribution in [0.1, 0.15) is 12.5 Å². The number of ether oxygens (including phenoxy) is 1. The van der Waals surface area contributed by atoms with Crippen LogP contribution >= 0.6 is 0 Å². The van der Waals surface area contributed by atoms with Crippen molar-refractivity contribution in [1.82, 2.24) is 0 Å². The Morgan fingerprint density at radius 3 is 3.14 bits per heavy atom. The van der Waals surface area contributed by atoms with Gasteiger partial charge < -0.3 is 4.74 Å². The van der Waals surface area contributed by atoms with Crippen LogP contribution in [0.25, 0.3) is 10.9 Å². The van der Waals surface area contributed by atoms with Crippen LogP contribution in [0.5, 0.6) is 5.75 Å². The lowest BCUT2D eigenvalue weighted by Gasteiger charge is -2.11. The number of hydrogen-bond acceptors (Lipinski definition) is 1. The molecule has 1 aromatic heterocycles. The fourth-order valence-corrected chi connectivity index (χ4v) is 2.38. The van der Waals surface area contributed by atoms with Gasteiger partial charge in [-0.25, -0.2) is 0 Å². The molecule has 0 N–H and O–H groups in total. The molecular formula is C12H10NO+. The largest absolute Gasteiger partial charge is 0.476 e. The Morgan fingerprint density at radius 2 is 2.14 bits per heavy atom. The van der Waals surface area contributed by atoms with E-state index in [0.717, 1.165) is 5.75 Å². The van der Waals surface area contributed by atoms with E-state index in [-0.39, 0.29) is 0 Å². The molecule has 2 aromatic rings. The van der Waals surface area contributed by atoms with E-state index in [4.69, 9.17) is 4.74 Å². The van der Waals surface area contributed by atoms with Gasteiger partial charge in [0.05, 0.1) is 11.8 Å². The molecule has 2 atom stereocenters. The molecule has 2 unspecified atom stereocenters. The van der Waals surface area contributed by atoms with Crippen LogP contribution in [0.15, 0.2) is 36.5 Å². The third-order valence-electron chi connectivity index (χ3n) is 3.15. The summed E-state index contributed by atoms with van der Waals surface area (Å²) in [6, 6.07) is 11.1. The molecule has 0 spiro atoms. The maximum Gasteiger partial charge on any atom is 0.255 e. The van der Waals surface area contributed by atoms with Crippen molar-refractivity contribution in [1.29, 1.82) is 0 Å². The smallest absolute Gasteiger partial charge is 0.255 e. The van der Waals surface area contributed by atoms with Gasteiger partial charge in [-0.1, -0.05) is 6.07 Å². The van der Waals surface area contributed by atoms with Gasteiger partial charge in [-0.3, -0.25) is 0 Å². The highest BCUT2D eigenvalue weighted by molar-refractivity contribution is 5.81. The Balaban J connectivity index is 2.21. The maximum absolute atomic E-state index is 5.86. The summed E-state index contributed by atoms with van der Waals surface area (Å²) in [5.41, 5.74) is 1.26. The molecule has 0 bridgehead atoms. The predicted molar refractivity (Wildman–Crippen MR) is 52.2 cm³/mol. The van der Waals surface area contributed by atoms with Crippen molar-refractivity contribution in [3.05, 3.63) is 36.5 Å². The molecule has 1 aliphatic heterocycles. The minimum absolute atomic E-state index is 0.431. The average Bonchev–Trinajstić information content (AvgIpc) is 2.98. The summed E-state index contributed by atoms with van der Waals surface area (Å²) in [6.07, 6.45) is 3.76. The Hall–Kier alpha value is -1.57. The fourth-order valence-electron chi connectivity index (χ4n) is 2.38. The lowest BCUT2D eigenvalue weighted by molar-refractivity contribution is -0.681. The molecule has 0 amide bonds. The van der Waals surface area contributed by atoms with Gasteiger partial charge in [-0.15, -0.1) is 0 Å². The highest BCUT2D eigenvalue weighted by Gasteiger charge is 2.52. The number of pyridine rings is 1. The number of rotatable bonds is 0. The van der Waals surface area contributed by atoms with Crippen molar-refractivity contribution in [3.63, 3.8) is 0 Å². The van der Waals surface area contributed by atoms with Crippen LogP contribution in [0.4, 0.5) is 0 Å². The van der Waals surface area contributed by atoms with Gasteiger partial charge in [0.15, 0.2) is 24.1 Å². The molecule has 68 valence electrons. The maximum atomic E-state index is 5.86. The summed E-state index contributed by atoms with van der Waals surface area (Å²) in [6.45, 7) is 0. The van der Waals surface area contributed by atoms with E-state index in [9.17, 15) is 0 Å². The third kappa shape index (κ3) is 0.699. The first-order valence-electron chi connectivity index (χ1n) is 5.03. The first kappa shape index (κ1) is 6.82. The summed E-state index contributed by atoms with van der Waals surface area (Å²) in [4.78, 5) is 0. The van der Waals surface area contributed by atoms with Gasteiger partial charge in [0.1, 0.15) is 0 Å². The summed E-state index contributed by atoms with van der Waals surface area (Å²) in [5.74, 6) is 1.04. The number of nitrogens with zero attached hydrogens (tertiary/aromatic N) is 1. The topological polar surface area (TPSA) is 13.1 Å². The molecule has 2 nitrogen and oxygen atoms in total. The van der Waals surface area contributed by atoms with E-state index in [2.05, 4.69) is 41.1 Å². The molecule has 2 heterocycles. The number of para-hydroxylation sites is 1. The zero-order valence-electron chi connectivity index (χ0n) is 7.68. The SMILES string of the molecule is c1cc2c3c(c1)ccc[n+]3C1CC1O2. The molecule has 14 heavy (non-hydrogen) atoms. The molecule has 0 saturated heterocycles. The average molecular weight is 184 g/mol. The number of fused-ring (bicyclic) bond motifs is 2. The molecule has 1 aliphatic carbocycles. The van der Waals surface area contributed by atoms with Crippen molar-refractivity contribution in [3.8, 4) is 5.75 Å². The van der Waals surface area contributed by atoms with Gasteiger partial charge >= 0.3 is 0 Å². The molecule has 4 rings (SSSR count). The molecule has 2 aliphatic rings. The van der Waals surface area contributed by atoms with Gasteiger partial charge in [0.25, 0.3) is 5.52 Å². The lowest BCUT2D eigenvalue weighted by atomic mass is 10.2. The monoisotopic (exact) mass is 184 g/mol. The van der Waals surface area contributed by atoms with E-state index in [0.29, 0.717) is 12.1 Å². The van der Waals surface area contributed by atoms with Crippen molar-refractivity contribution >= 4 is 10.9 Å². The van der Waals surface area contributed by atoms with Gasteiger partial charge in [0.2, 0.25) is 0 Å². The molecule has 0 radical (unpaired) electrons. The third-order valence-corrected chi connectivity index (χ3v) is 3.15. The predicted octanol–water partition coefficient (Wildman–Crippen LogP) is 1.83. The van der Waals surface area contributed by atoms with Gasteiger partial charge in [0, 0.05) is 6.07 Å². The van der Waals surface area contributed by atoms with E-state index in [1.807, 2.05) is 0 Å². The van der Waals surface area contributed by atoms with Gasteiger partial charge in [-0.05, 0) is 18.2 Å². The van der Waals surface area contributed by atoms with Crippen molar-refractivity contribution in [2.45, 2.75) is 18.6 Å². The summed E-state index contributed by atoms with van der Waals surface area (Å²) >= 11 is 0. The molecule has 1 aromatic carbocycles. The Kier molecular flexibility index (Phi) is 1.02. The highest BCUT2D eigenvalue weighted by Crippen LogP contribution is 2.41. The lowest BCUT2D eigenvalue weighted by Crippen LogP contribution is -2.38. The van der Waals surface area contributed by atoms with Crippen LogP contribution in [0.2, 0.25) is 0 Å². The first-order valence-corrected chi connectivity index (χ1v) is 5.03. The molecule has 2 heteroatoms. The summed E-state index contributed by atoms with van der Waals surface area (Å²) < 4.78 is 8.22. The van der Waals surface area contributed by atoms with Crippen molar-refractivity contribution in [2.75, 3.05) is 0 Å². The van der Waals surface area contributed by atoms with Crippen LogP contribution in [-0.4, -0.2) is 6.10 Å². The Morgan fingerprint density at radius 1 is 1.21 bits per heavy atom. The van der Waals surface area contributed by atoms with Crippen LogP contribution in [0, 0.1) is 0 Å². The second kappa shape index (κ2) is 2.08. The normalized spacial score (nSPS) is 26.9. The highest BCUT2D eigenvalue weighted by atomic mass is 16.5. The minimum Gasteiger partial charge on any atom is -0.476 e. The minimum atomic E-state index is 0.431. The molecule has 1 fully saturated rings. The number of hydrogen-bond donors (Lipinski definition) is 0. The molecular weight excluding hydrogens is 174 g/mol. The zero-order chi connectivity index (χ0) is 9.12. The molecule has 1 saturated carbocycles. The van der Waals surface area contributed by atoms with E-state index in [1.165, 1.54) is 17.3 Å². The van der Waals surface area contributed by atoms with Gasteiger partial charge in [-0.2, -0.15) is 4.57 Å². The first-order chi connectivity index (χ1) is 6.93. The van der Waals surface area contributed by atoms with Crippen molar-refractivity contribution < 1.29 is 9.30 Å². The second-order valence-electron chi connectivity index (χ2n) is 4.07. The zero-order valence-corrected chi connectivity index (χ0v) is 7.68. The summed E-state index contributed by atoms with van der Waals surface area (Å²) in [7, 11) is 0. The van der Waals surface area contributed by atoms with E-state index >= 15 is 0 Å². The number of aromatic nitrogens is 1. The quantitative estimate of drug-likeness (QED) is 0.569. The Labute approximate surface area is 81.7 Å². The van der Waals surface area contributed by atoms with Crippen LogP contribution < -0.4 is 9.30 Å². The van der Waals surface area contributed by atoms with Crippen LogP contribution in [0.3, 0.4) is 0 Å². The summed E-state index contributed by atoms with van der Waals surface area (Å²) in [5, 5.41) is 1.27. The fraction of sp³-hybridized carbons (Fsp3) is 0.250. The van der Waals surface area contributed by atoms with Crippen LogP contribution in [-0.2, 0) is 0 Å². The number of benzene rings is 1. The second-order valence-corrected chi connectivity index (χ2v) is 4.07.